The van der Waals surface area contributed by atoms with Crippen LogP contribution in [0, 0.1) is 0 Å². The lowest BCUT2D eigenvalue weighted by Gasteiger charge is -2.49. The van der Waals surface area contributed by atoms with Crippen molar-refractivity contribution in [2.24, 2.45) is 0 Å². The summed E-state index contributed by atoms with van der Waals surface area (Å²) < 4.78 is 14.7. The average Bonchev–Trinajstić information content (AvgIpc) is 4.16. The van der Waals surface area contributed by atoms with Gasteiger partial charge in [-0.05, 0) is 104 Å². The van der Waals surface area contributed by atoms with Crippen LogP contribution in [0.1, 0.15) is 99.9 Å². The number of para-hydroxylation sites is 8. The van der Waals surface area contributed by atoms with Crippen LogP contribution in [0.15, 0.2) is 203 Å². The Hall–Kier alpha value is -8.60. The van der Waals surface area contributed by atoms with Gasteiger partial charge in [0.15, 0.2) is 0 Å². The fraction of sp³-hybridized carbons (Fsp3) is 0.167. The summed E-state index contributed by atoms with van der Waals surface area (Å²) >= 11 is 0. The van der Waals surface area contributed by atoms with E-state index in [1.54, 1.807) is 0 Å². The summed E-state index contributed by atoms with van der Waals surface area (Å²) in [5, 5.41) is 4.37. The monoisotopic (exact) mass is 980 g/mol. The lowest BCUT2D eigenvalue weighted by Crippen LogP contribution is -2.38. The molecule has 16 rings (SSSR count). The molecule has 4 nitrogen and oxygen atoms in total. The van der Waals surface area contributed by atoms with Crippen LogP contribution in [0.4, 0.5) is 34.1 Å². The van der Waals surface area contributed by atoms with E-state index < -0.39 is 0 Å². The zero-order valence-electron chi connectivity index (χ0n) is 44.2. The van der Waals surface area contributed by atoms with Crippen molar-refractivity contribution in [1.29, 1.82) is 0 Å². The minimum Gasteiger partial charge on any atom is -0.455 e. The number of benzene rings is 10. The Morgan fingerprint density at radius 1 is 0.263 bits per heavy atom. The molecule has 0 atom stereocenters. The first kappa shape index (κ1) is 43.8. The van der Waals surface area contributed by atoms with Gasteiger partial charge in [-0.3, -0.25) is 0 Å². The molecular weight excluding hydrogens is 925 g/mol. The van der Waals surface area contributed by atoms with Crippen LogP contribution in [-0.2, 0) is 21.7 Å². The lowest BCUT2D eigenvalue weighted by molar-refractivity contribution is 0.597. The molecule has 0 saturated carbocycles. The summed E-state index contributed by atoms with van der Waals surface area (Å²) in [5.74, 6) is 0. The first-order valence-corrected chi connectivity index (χ1v) is 27.0. The number of furan rings is 2. The summed E-state index contributed by atoms with van der Waals surface area (Å²) in [4.78, 5) is 5.06. The Morgan fingerprint density at radius 2 is 0.513 bits per heavy atom. The van der Waals surface area contributed by atoms with Gasteiger partial charge in [0.25, 0.3) is 0 Å². The van der Waals surface area contributed by atoms with Crippen LogP contribution in [0.5, 0.6) is 0 Å². The Kier molecular flexibility index (Phi) is 8.42. The van der Waals surface area contributed by atoms with E-state index in [1.807, 2.05) is 0 Å². The molecule has 0 spiro atoms. The smallest absolute Gasteiger partial charge is 0.143 e. The molecule has 12 aromatic rings. The van der Waals surface area contributed by atoms with Gasteiger partial charge < -0.3 is 18.6 Å². The van der Waals surface area contributed by atoms with E-state index in [-0.39, 0.29) is 21.7 Å². The van der Waals surface area contributed by atoms with Crippen molar-refractivity contribution >= 4 is 78.0 Å². The van der Waals surface area contributed by atoms with E-state index in [0.29, 0.717) is 0 Å². The molecule has 4 heteroatoms. The molecule has 76 heavy (non-hydrogen) atoms. The third-order valence-corrected chi connectivity index (χ3v) is 18.6. The Balaban J connectivity index is 0.875. The summed E-state index contributed by atoms with van der Waals surface area (Å²) in [6.45, 7) is 19.1. The van der Waals surface area contributed by atoms with Gasteiger partial charge in [-0.25, -0.2) is 0 Å². The maximum atomic E-state index is 7.33. The highest BCUT2D eigenvalue weighted by Crippen LogP contribution is 2.63. The SMILES string of the molecule is CC1(C)c2ccccc2N2c3ccccc3C(C)(C)c3cc(-c4cccc5c4oc4c(-c6cccc7c6oc6c(-c8cc9c%10c(c8)C(C)(C)c8ccccc8N%10c8ccccc8C9(C)C)cccc67)cccc45)cc1c32. The van der Waals surface area contributed by atoms with Crippen LogP contribution in [0.2, 0.25) is 0 Å². The van der Waals surface area contributed by atoms with Crippen LogP contribution in [-0.4, -0.2) is 0 Å². The van der Waals surface area contributed by atoms with Gasteiger partial charge in [0.2, 0.25) is 0 Å². The number of rotatable bonds is 3. The third-order valence-electron chi connectivity index (χ3n) is 18.6. The topological polar surface area (TPSA) is 32.8 Å². The van der Waals surface area contributed by atoms with E-state index in [2.05, 4.69) is 259 Å². The summed E-state index contributed by atoms with van der Waals surface area (Å²) in [6, 6.07) is 72.2. The van der Waals surface area contributed by atoms with Crippen LogP contribution < -0.4 is 9.80 Å². The zero-order chi connectivity index (χ0) is 51.4. The molecule has 0 aliphatic carbocycles. The van der Waals surface area contributed by atoms with Crippen molar-refractivity contribution in [2.75, 3.05) is 9.80 Å². The second-order valence-corrected chi connectivity index (χ2v) is 24.0. The molecule has 4 aliphatic rings. The highest BCUT2D eigenvalue weighted by Gasteiger charge is 2.48. The fourth-order valence-corrected chi connectivity index (χ4v) is 14.6. The van der Waals surface area contributed by atoms with Gasteiger partial charge in [0.1, 0.15) is 22.3 Å². The maximum Gasteiger partial charge on any atom is 0.143 e. The van der Waals surface area contributed by atoms with Crippen molar-refractivity contribution in [3.05, 3.63) is 239 Å². The normalized spacial score (nSPS) is 16.5. The molecule has 0 bridgehead atoms. The number of anilines is 6. The first-order valence-electron chi connectivity index (χ1n) is 27.0. The largest absolute Gasteiger partial charge is 0.455 e. The van der Waals surface area contributed by atoms with E-state index >= 15 is 0 Å². The molecular formula is C72H56N2O2. The summed E-state index contributed by atoms with van der Waals surface area (Å²) in [7, 11) is 0. The van der Waals surface area contributed by atoms with Crippen LogP contribution >= 0.6 is 0 Å². The van der Waals surface area contributed by atoms with Crippen molar-refractivity contribution < 1.29 is 8.83 Å². The first-order chi connectivity index (χ1) is 36.7. The summed E-state index contributed by atoms with van der Waals surface area (Å²) in [5.41, 5.74) is 27.2. The molecule has 6 heterocycles. The van der Waals surface area contributed by atoms with E-state index in [1.165, 1.54) is 78.6 Å². The number of fused-ring (bicyclic) bond motifs is 14. The third kappa shape index (κ3) is 5.43. The van der Waals surface area contributed by atoms with Crippen molar-refractivity contribution in [3.8, 4) is 33.4 Å². The zero-order valence-corrected chi connectivity index (χ0v) is 44.2. The fourth-order valence-electron chi connectivity index (χ4n) is 14.6. The van der Waals surface area contributed by atoms with Gasteiger partial charge in [-0.15, -0.1) is 0 Å². The Labute approximate surface area is 443 Å². The van der Waals surface area contributed by atoms with Crippen molar-refractivity contribution in [3.63, 3.8) is 0 Å². The minimum absolute atomic E-state index is 0.251. The quantitative estimate of drug-likeness (QED) is 0.177. The standard InChI is InChI=1S/C72H56N2O2/c1-69(2)51-29-9-13-33-59(51)73-60-34-14-10-30-52(60)70(3,4)56-38-41(37-55(69)63(56)73)43-21-17-23-45-47-25-19-27-49(67(47)75-65(43)45)50-28-20-26-48-46-24-18-22-44(66(46)76-68(48)50)42-39-57-64-58(40-42)72(7,8)54-32-12-16-36-62(54)74(64)61-35-15-11-31-53(61)71(57,5)6/h9-40H,1-8H3. The van der Waals surface area contributed by atoms with Gasteiger partial charge in [-0.1, -0.05) is 201 Å². The molecule has 0 unspecified atom stereocenters. The molecule has 366 valence electrons. The van der Waals surface area contributed by atoms with Gasteiger partial charge >= 0.3 is 0 Å². The highest BCUT2D eigenvalue weighted by atomic mass is 16.3. The van der Waals surface area contributed by atoms with E-state index in [0.717, 1.165) is 77.3 Å². The molecule has 0 saturated heterocycles. The molecule has 0 amide bonds. The molecule has 0 N–H and O–H groups in total. The molecule has 4 aliphatic heterocycles. The number of nitrogens with zero attached hydrogens (tertiary/aromatic N) is 2. The Bertz CT molecular complexity index is 4100. The predicted molar refractivity (Wildman–Crippen MR) is 315 cm³/mol. The van der Waals surface area contributed by atoms with Crippen molar-refractivity contribution in [2.45, 2.75) is 77.0 Å². The van der Waals surface area contributed by atoms with Crippen LogP contribution in [0.3, 0.4) is 0 Å². The molecule has 0 fully saturated rings. The van der Waals surface area contributed by atoms with E-state index in [4.69, 9.17) is 8.83 Å². The molecule has 10 aromatic carbocycles. The minimum atomic E-state index is -0.251. The molecule has 2 aromatic heterocycles. The van der Waals surface area contributed by atoms with E-state index in [9.17, 15) is 0 Å². The Morgan fingerprint density at radius 3 is 0.803 bits per heavy atom. The summed E-state index contributed by atoms with van der Waals surface area (Å²) in [6.07, 6.45) is 0. The highest BCUT2D eigenvalue weighted by molar-refractivity contribution is 6.18. The van der Waals surface area contributed by atoms with Gasteiger partial charge in [0, 0.05) is 65.5 Å². The average molecular weight is 981 g/mol. The molecule has 0 radical (unpaired) electrons. The lowest BCUT2D eigenvalue weighted by atomic mass is 9.65. The second kappa shape index (κ2) is 14.6. The second-order valence-electron chi connectivity index (χ2n) is 24.0. The number of hydrogen-bond acceptors (Lipinski definition) is 4. The van der Waals surface area contributed by atoms with Gasteiger partial charge in [-0.2, -0.15) is 0 Å². The van der Waals surface area contributed by atoms with Crippen LogP contribution in [0.25, 0.3) is 77.3 Å². The van der Waals surface area contributed by atoms with Gasteiger partial charge in [0.05, 0.1) is 34.1 Å². The maximum absolute atomic E-state index is 7.33. The van der Waals surface area contributed by atoms with Crippen molar-refractivity contribution in [1.82, 2.24) is 0 Å². The number of hydrogen-bond donors (Lipinski definition) is 0. The predicted octanol–water partition coefficient (Wildman–Crippen LogP) is 20.0.